The van der Waals surface area contributed by atoms with Gasteiger partial charge in [0.05, 0.1) is 6.61 Å². The number of amides is 2. The van der Waals surface area contributed by atoms with Gasteiger partial charge in [-0.3, -0.25) is 9.59 Å². The van der Waals surface area contributed by atoms with Crippen LogP contribution < -0.4 is 10.6 Å². The molecule has 0 aliphatic carbocycles. The fourth-order valence-corrected chi connectivity index (χ4v) is 1.49. The molecule has 6 heteroatoms. The van der Waals surface area contributed by atoms with E-state index in [9.17, 15) is 9.59 Å². The molecule has 0 aromatic carbocycles. The van der Waals surface area contributed by atoms with Crippen molar-refractivity contribution in [2.75, 3.05) is 25.5 Å². The van der Waals surface area contributed by atoms with Crippen LogP contribution in [0.4, 0.5) is 0 Å². The van der Waals surface area contributed by atoms with Crippen molar-refractivity contribution in [1.29, 1.82) is 0 Å². The second-order valence-electron chi connectivity index (χ2n) is 4.52. The van der Waals surface area contributed by atoms with Gasteiger partial charge in [0.15, 0.2) is 0 Å². The highest BCUT2D eigenvalue weighted by Gasteiger charge is 2.16. The zero-order valence-corrected chi connectivity index (χ0v) is 12.3. The third kappa shape index (κ3) is 9.30. The SMILES string of the molecule is CC(=O)NC(CS)C(=O)NCCOCCC(C)C. The molecule has 0 heterocycles. The maximum absolute atomic E-state index is 11.6. The summed E-state index contributed by atoms with van der Waals surface area (Å²) in [5, 5.41) is 5.23. The minimum absolute atomic E-state index is 0.229. The molecule has 1 atom stereocenters. The van der Waals surface area contributed by atoms with E-state index >= 15 is 0 Å². The average Bonchev–Trinajstić information content (AvgIpc) is 2.29. The lowest BCUT2D eigenvalue weighted by atomic mass is 10.1. The van der Waals surface area contributed by atoms with Crippen molar-refractivity contribution >= 4 is 24.4 Å². The number of rotatable bonds is 9. The van der Waals surface area contributed by atoms with Gasteiger partial charge in [0.1, 0.15) is 6.04 Å². The van der Waals surface area contributed by atoms with Crippen molar-refractivity contribution in [2.24, 2.45) is 5.92 Å². The summed E-state index contributed by atoms with van der Waals surface area (Å²) in [4.78, 5) is 22.5. The van der Waals surface area contributed by atoms with Crippen molar-refractivity contribution in [3.63, 3.8) is 0 Å². The Morgan fingerprint density at radius 2 is 1.94 bits per heavy atom. The zero-order chi connectivity index (χ0) is 14.0. The maximum Gasteiger partial charge on any atom is 0.243 e. The summed E-state index contributed by atoms with van der Waals surface area (Å²) in [7, 11) is 0. The molecule has 2 N–H and O–H groups in total. The molecule has 106 valence electrons. The molecule has 0 rings (SSSR count). The highest BCUT2D eigenvalue weighted by Crippen LogP contribution is 1.98. The minimum atomic E-state index is -0.582. The summed E-state index contributed by atoms with van der Waals surface area (Å²) in [5.41, 5.74) is 0. The average molecular weight is 276 g/mol. The van der Waals surface area contributed by atoms with Crippen LogP contribution in [0.2, 0.25) is 0 Å². The topological polar surface area (TPSA) is 67.4 Å². The number of thiol groups is 1. The molecule has 0 aliphatic rings. The van der Waals surface area contributed by atoms with Gasteiger partial charge in [0.2, 0.25) is 11.8 Å². The van der Waals surface area contributed by atoms with Gasteiger partial charge in [-0.1, -0.05) is 13.8 Å². The Kier molecular flexibility index (Phi) is 9.77. The first-order valence-corrected chi connectivity index (χ1v) is 6.84. The molecule has 0 bridgehead atoms. The van der Waals surface area contributed by atoms with E-state index in [1.54, 1.807) is 0 Å². The molecule has 0 saturated heterocycles. The Hall–Kier alpha value is -0.750. The van der Waals surface area contributed by atoms with Crippen molar-refractivity contribution < 1.29 is 14.3 Å². The van der Waals surface area contributed by atoms with E-state index in [2.05, 4.69) is 37.1 Å². The number of hydrogen-bond donors (Lipinski definition) is 3. The van der Waals surface area contributed by atoms with Crippen LogP contribution in [0, 0.1) is 5.92 Å². The second-order valence-corrected chi connectivity index (χ2v) is 4.89. The molecule has 0 spiro atoms. The number of carbonyl (C=O) groups excluding carboxylic acids is 2. The van der Waals surface area contributed by atoms with Gasteiger partial charge >= 0.3 is 0 Å². The smallest absolute Gasteiger partial charge is 0.243 e. The Balaban J connectivity index is 3.65. The minimum Gasteiger partial charge on any atom is -0.380 e. The fraction of sp³-hybridized carbons (Fsp3) is 0.833. The lowest BCUT2D eigenvalue weighted by Crippen LogP contribution is -2.47. The quantitative estimate of drug-likeness (QED) is 0.427. The summed E-state index contributed by atoms with van der Waals surface area (Å²) in [6.07, 6.45) is 1.01. The van der Waals surface area contributed by atoms with E-state index in [4.69, 9.17) is 4.74 Å². The Morgan fingerprint density at radius 3 is 2.44 bits per heavy atom. The Bertz CT molecular complexity index is 260. The van der Waals surface area contributed by atoms with E-state index in [1.807, 2.05) is 0 Å². The van der Waals surface area contributed by atoms with Gasteiger partial charge in [-0.05, 0) is 12.3 Å². The molecule has 2 amide bonds. The predicted molar refractivity (Wildman–Crippen MR) is 74.7 cm³/mol. The van der Waals surface area contributed by atoms with Crippen LogP contribution in [0.3, 0.4) is 0 Å². The van der Waals surface area contributed by atoms with Crippen LogP contribution in [0.15, 0.2) is 0 Å². The van der Waals surface area contributed by atoms with Gasteiger partial charge in [0.25, 0.3) is 0 Å². The van der Waals surface area contributed by atoms with E-state index in [-0.39, 0.29) is 17.6 Å². The van der Waals surface area contributed by atoms with Gasteiger partial charge < -0.3 is 15.4 Å². The van der Waals surface area contributed by atoms with E-state index < -0.39 is 6.04 Å². The standard InChI is InChI=1S/C12H24N2O3S/c1-9(2)4-6-17-7-5-13-12(16)11(8-18)14-10(3)15/h9,11,18H,4-8H2,1-3H3,(H,13,16)(H,14,15). The Labute approximate surface area is 114 Å². The van der Waals surface area contributed by atoms with Crippen molar-refractivity contribution in [3.8, 4) is 0 Å². The second kappa shape index (κ2) is 10.2. The molecule has 0 radical (unpaired) electrons. The largest absolute Gasteiger partial charge is 0.380 e. The van der Waals surface area contributed by atoms with Crippen molar-refractivity contribution in [3.05, 3.63) is 0 Å². The number of carbonyl (C=O) groups is 2. The molecule has 0 aromatic heterocycles. The number of ether oxygens (including phenoxy) is 1. The summed E-state index contributed by atoms with van der Waals surface area (Å²) >= 11 is 4.02. The highest BCUT2D eigenvalue weighted by molar-refractivity contribution is 7.80. The zero-order valence-electron chi connectivity index (χ0n) is 11.4. The third-order valence-corrected chi connectivity index (χ3v) is 2.63. The van der Waals surface area contributed by atoms with Crippen LogP contribution in [0.25, 0.3) is 0 Å². The molecular formula is C12H24N2O3S. The number of nitrogens with one attached hydrogen (secondary N) is 2. The lowest BCUT2D eigenvalue weighted by molar-refractivity contribution is -0.127. The maximum atomic E-state index is 11.6. The molecule has 0 fully saturated rings. The molecule has 0 aromatic rings. The van der Waals surface area contributed by atoms with Crippen LogP contribution >= 0.6 is 12.6 Å². The van der Waals surface area contributed by atoms with E-state index in [1.165, 1.54) is 6.92 Å². The van der Waals surface area contributed by atoms with Gasteiger partial charge in [-0.25, -0.2) is 0 Å². The monoisotopic (exact) mass is 276 g/mol. The van der Waals surface area contributed by atoms with Crippen molar-refractivity contribution in [2.45, 2.75) is 33.2 Å². The van der Waals surface area contributed by atoms with Gasteiger partial charge in [-0.2, -0.15) is 12.6 Å². The van der Waals surface area contributed by atoms with Crippen LogP contribution in [0.5, 0.6) is 0 Å². The Morgan fingerprint density at radius 1 is 1.28 bits per heavy atom. The predicted octanol–water partition coefficient (Wildman–Crippen LogP) is 0.600. The van der Waals surface area contributed by atoms with Crippen LogP contribution in [0.1, 0.15) is 27.2 Å². The molecule has 0 aliphatic heterocycles. The third-order valence-electron chi connectivity index (χ3n) is 2.26. The molecule has 0 saturated carbocycles. The van der Waals surface area contributed by atoms with E-state index in [0.29, 0.717) is 25.7 Å². The molecule has 18 heavy (non-hydrogen) atoms. The highest BCUT2D eigenvalue weighted by atomic mass is 32.1. The van der Waals surface area contributed by atoms with E-state index in [0.717, 1.165) is 6.42 Å². The fourth-order valence-electron chi connectivity index (χ4n) is 1.23. The summed E-state index contributed by atoms with van der Waals surface area (Å²) in [6, 6.07) is -0.582. The van der Waals surface area contributed by atoms with Gasteiger partial charge in [0, 0.05) is 25.8 Å². The summed E-state index contributed by atoms with van der Waals surface area (Å²) in [5.74, 6) is 0.428. The van der Waals surface area contributed by atoms with Gasteiger partial charge in [-0.15, -0.1) is 0 Å². The van der Waals surface area contributed by atoms with Crippen LogP contribution in [-0.2, 0) is 14.3 Å². The first-order valence-electron chi connectivity index (χ1n) is 6.20. The molecule has 5 nitrogen and oxygen atoms in total. The molecule has 1 unspecified atom stereocenters. The lowest BCUT2D eigenvalue weighted by Gasteiger charge is -2.15. The van der Waals surface area contributed by atoms with Crippen LogP contribution in [-0.4, -0.2) is 43.4 Å². The normalized spacial score (nSPS) is 12.3. The summed E-state index contributed by atoms with van der Waals surface area (Å²) in [6.45, 7) is 7.28. The first-order chi connectivity index (χ1) is 8.47. The molecular weight excluding hydrogens is 252 g/mol. The number of hydrogen-bond acceptors (Lipinski definition) is 4. The summed E-state index contributed by atoms with van der Waals surface area (Å²) < 4.78 is 5.37. The first kappa shape index (κ1) is 17.2. The van der Waals surface area contributed by atoms with Crippen molar-refractivity contribution in [1.82, 2.24) is 10.6 Å².